The first kappa shape index (κ1) is 28.0. The molecule has 2 aromatic carbocycles. The van der Waals surface area contributed by atoms with Crippen molar-refractivity contribution in [2.24, 2.45) is 0 Å². The Hall–Kier alpha value is -4.02. The molecule has 1 aliphatic carbocycles. The van der Waals surface area contributed by atoms with Crippen molar-refractivity contribution in [3.8, 4) is 22.9 Å². The van der Waals surface area contributed by atoms with E-state index in [9.17, 15) is 14.0 Å². The Balaban J connectivity index is 1.73. The fourth-order valence-corrected chi connectivity index (χ4v) is 4.88. The third kappa shape index (κ3) is 6.71. The lowest BCUT2D eigenvalue weighted by atomic mass is 9.98. The van der Waals surface area contributed by atoms with Crippen LogP contribution in [0.15, 0.2) is 42.5 Å². The summed E-state index contributed by atoms with van der Waals surface area (Å²) in [5, 5.41) is 15.5. The summed E-state index contributed by atoms with van der Waals surface area (Å²) in [6.07, 6.45) is 3.44. The van der Waals surface area contributed by atoms with Crippen molar-refractivity contribution >= 4 is 11.8 Å². The number of carbonyl (C=O) groups excluding carboxylic acids is 2. The summed E-state index contributed by atoms with van der Waals surface area (Å²) in [6, 6.07) is 9.79. The molecule has 0 aliphatic heterocycles. The lowest BCUT2D eigenvalue weighted by Gasteiger charge is -2.38. The maximum Gasteiger partial charge on any atom is 0.248 e. The third-order valence-electron chi connectivity index (χ3n) is 6.59. The number of nitrogens with zero attached hydrogens (tertiary/aromatic N) is 5. The zero-order valence-corrected chi connectivity index (χ0v) is 23.0. The van der Waals surface area contributed by atoms with Gasteiger partial charge in [0.2, 0.25) is 17.6 Å². The highest BCUT2D eigenvalue weighted by Gasteiger charge is 2.40. The lowest BCUT2D eigenvalue weighted by molar-refractivity contribution is -0.145. The van der Waals surface area contributed by atoms with Gasteiger partial charge in [-0.2, -0.15) is 4.80 Å². The van der Waals surface area contributed by atoms with Gasteiger partial charge in [-0.05, 0) is 81.3 Å². The number of halogens is 1. The molecule has 208 valence electrons. The molecule has 0 bridgehead atoms. The van der Waals surface area contributed by atoms with Gasteiger partial charge < -0.3 is 19.7 Å². The highest BCUT2D eigenvalue weighted by molar-refractivity contribution is 5.90. The van der Waals surface area contributed by atoms with Crippen LogP contribution in [0.4, 0.5) is 4.39 Å². The van der Waals surface area contributed by atoms with E-state index in [0.717, 1.165) is 25.7 Å². The molecule has 1 fully saturated rings. The lowest BCUT2D eigenvalue weighted by Crippen LogP contribution is -2.52. The Morgan fingerprint density at radius 1 is 1.10 bits per heavy atom. The van der Waals surface area contributed by atoms with Crippen molar-refractivity contribution in [3.63, 3.8) is 0 Å². The van der Waals surface area contributed by atoms with Crippen LogP contribution < -0.4 is 14.8 Å². The van der Waals surface area contributed by atoms with E-state index in [1.165, 1.54) is 24.0 Å². The molecule has 0 unspecified atom stereocenters. The van der Waals surface area contributed by atoms with Crippen molar-refractivity contribution in [2.45, 2.75) is 70.6 Å². The van der Waals surface area contributed by atoms with E-state index < -0.39 is 11.6 Å². The van der Waals surface area contributed by atoms with E-state index in [1.54, 1.807) is 42.3 Å². The van der Waals surface area contributed by atoms with Gasteiger partial charge in [-0.3, -0.25) is 9.59 Å². The molecule has 0 saturated heterocycles. The van der Waals surface area contributed by atoms with E-state index in [-0.39, 0.29) is 36.0 Å². The number of rotatable bonds is 9. The van der Waals surface area contributed by atoms with E-state index in [2.05, 4.69) is 20.7 Å². The van der Waals surface area contributed by atoms with E-state index in [0.29, 0.717) is 22.6 Å². The first-order valence-corrected chi connectivity index (χ1v) is 13.0. The number of ether oxygens (including phenoxy) is 2. The van der Waals surface area contributed by atoms with Crippen LogP contribution >= 0.6 is 0 Å². The minimum Gasteiger partial charge on any atom is -0.497 e. The van der Waals surface area contributed by atoms with Gasteiger partial charge in [-0.25, -0.2) is 4.39 Å². The third-order valence-corrected chi connectivity index (χ3v) is 6.59. The Labute approximate surface area is 227 Å². The molecule has 4 rings (SSSR count). The van der Waals surface area contributed by atoms with Gasteiger partial charge in [0.25, 0.3) is 0 Å². The van der Waals surface area contributed by atoms with E-state index in [1.807, 2.05) is 20.8 Å². The number of hydrogen-bond donors (Lipinski definition) is 1. The van der Waals surface area contributed by atoms with Crippen LogP contribution in [0.1, 0.15) is 58.1 Å². The van der Waals surface area contributed by atoms with Gasteiger partial charge in [0.1, 0.15) is 29.9 Å². The number of benzene rings is 2. The van der Waals surface area contributed by atoms with Crippen molar-refractivity contribution in [1.82, 2.24) is 30.4 Å². The molecule has 10 nitrogen and oxygen atoms in total. The number of hydrogen-bond acceptors (Lipinski definition) is 7. The van der Waals surface area contributed by atoms with Crippen LogP contribution in [0.2, 0.25) is 0 Å². The Morgan fingerprint density at radius 2 is 1.79 bits per heavy atom. The monoisotopic (exact) mass is 538 g/mol. The van der Waals surface area contributed by atoms with Crippen LogP contribution in [0.3, 0.4) is 0 Å². The van der Waals surface area contributed by atoms with Gasteiger partial charge >= 0.3 is 0 Å². The molecule has 3 aromatic rings. The fraction of sp³-hybridized carbons (Fsp3) is 0.464. The summed E-state index contributed by atoms with van der Waals surface area (Å²) in [7, 11) is 3.08. The zero-order valence-electron chi connectivity index (χ0n) is 23.0. The topological polar surface area (TPSA) is 111 Å². The highest BCUT2D eigenvalue weighted by Crippen LogP contribution is 2.38. The van der Waals surface area contributed by atoms with E-state index in [4.69, 9.17) is 9.47 Å². The number of methoxy groups -OCH3 is 2. The summed E-state index contributed by atoms with van der Waals surface area (Å²) in [5.74, 6) is 0.253. The number of nitrogens with one attached hydrogen (secondary N) is 1. The minimum absolute atomic E-state index is 0.163. The smallest absolute Gasteiger partial charge is 0.248 e. The van der Waals surface area contributed by atoms with Crippen LogP contribution in [-0.2, 0) is 16.1 Å². The maximum atomic E-state index is 14.0. The van der Waals surface area contributed by atoms with Gasteiger partial charge in [-0.1, -0.05) is 12.8 Å². The van der Waals surface area contributed by atoms with Gasteiger partial charge in [0, 0.05) is 22.7 Å². The molecule has 39 heavy (non-hydrogen) atoms. The molecule has 1 saturated carbocycles. The largest absolute Gasteiger partial charge is 0.497 e. The second-order valence-corrected chi connectivity index (χ2v) is 10.6. The normalized spacial score (nSPS) is 14.6. The molecule has 1 N–H and O–H groups in total. The number of amides is 2. The average Bonchev–Trinajstić information content (AvgIpc) is 3.59. The molecule has 1 aromatic heterocycles. The summed E-state index contributed by atoms with van der Waals surface area (Å²) < 4.78 is 24.4. The second kappa shape index (κ2) is 11.8. The first-order chi connectivity index (χ1) is 18.6. The highest BCUT2D eigenvalue weighted by atomic mass is 19.1. The van der Waals surface area contributed by atoms with Crippen LogP contribution in [0, 0.1) is 5.82 Å². The van der Waals surface area contributed by atoms with Gasteiger partial charge in [-0.15, -0.1) is 10.2 Å². The van der Waals surface area contributed by atoms with Crippen LogP contribution in [-0.4, -0.2) is 62.7 Å². The molecule has 0 radical (unpaired) electrons. The Morgan fingerprint density at radius 3 is 2.41 bits per heavy atom. The quantitative estimate of drug-likeness (QED) is 0.440. The average molecular weight is 539 g/mol. The number of carbonyl (C=O) groups is 2. The summed E-state index contributed by atoms with van der Waals surface area (Å²) in [6.45, 7) is 5.45. The van der Waals surface area contributed by atoms with Gasteiger partial charge in [0.15, 0.2) is 0 Å². The molecule has 0 spiro atoms. The first-order valence-electron chi connectivity index (χ1n) is 13.0. The summed E-state index contributed by atoms with van der Waals surface area (Å²) in [4.78, 5) is 30.8. The molecule has 1 aliphatic rings. The molecular weight excluding hydrogens is 503 g/mol. The van der Waals surface area contributed by atoms with Crippen molar-refractivity contribution in [3.05, 3.63) is 53.8 Å². The molecule has 1 atom stereocenters. The molecule has 2 amide bonds. The standard InChI is InChI=1S/C28H35FN6O4/c1-28(2,3)30-27(37)25(22-16-21(38-4)14-15-23(22)39-5)35(20-8-6-7-9-20)24(36)17-34-32-26(31-33-34)18-10-12-19(29)13-11-18/h10-16,20,25H,6-9,17H2,1-5H3,(H,30,37)/t25-/m1/s1. The predicted octanol–water partition coefficient (Wildman–Crippen LogP) is 3.92. The molecule has 11 heteroatoms. The second-order valence-electron chi connectivity index (χ2n) is 10.6. The number of tetrazole rings is 1. The Kier molecular flexibility index (Phi) is 8.47. The van der Waals surface area contributed by atoms with Crippen LogP contribution in [0.5, 0.6) is 11.5 Å². The SMILES string of the molecule is COc1ccc(OC)c([C@H](C(=O)NC(C)(C)C)N(C(=O)Cn2nnc(-c3ccc(F)cc3)n2)C2CCCC2)c1. The molecular formula is C28H35FN6O4. The van der Waals surface area contributed by atoms with E-state index >= 15 is 0 Å². The predicted molar refractivity (Wildman–Crippen MR) is 142 cm³/mol. The Bertz CT molecular complexity index is 1300. The zero-order chi connectivity index (χ0) is 28.2. The fourth-order valence-electron chi connectivity index (χ4n) is 4.88. The van der Waals surface area contributed by atoms with Crippen molar-refractivity contribution in [1.29, 1.82) is 0 Å². The summed E-state index contributed by atoms with van der Waals surface area (Å²) in [5.41, 5.74) is 0.562. The van der Waals surface area contributed by atoms with Crippen molar-refractivity contribution < 1.29 is 23.5 Å². The van der Waals surface area contributed by atoms with Crippen molar-refractivity contribution in [2.75, 3.05) is 14.2 Å². The maximum absolute atomic E-state index is 14.0. The molecule has 1 heterocycles. The minimum atomic E-state index is -0.982. The van der Waals surface area contributed by atoms with Crippen LogP contribution in [0.25, 0.3) is 11.4 Å². The summed E-state index contributed by atoms with van der Waals surface area (Å²) >= 11 is 0. The number of aromatic nitrogens is 4. The van der Waals surface area contributed by atoms with Gasteiger partial charge in [0.05, 0.1) is 14.2 Å².